The molecule has 1 N–H and O–H groups in total. The van der Waals surface area contributed by atoms with Gasteiger partial charge in [0, 0.05) is 24.6 Å². The Labute approximate surface area is 222 Å². The number of hydrogen-bond acceptors (Lipinski definition) is 3. The predicted octanol–water partition coefficient (Wildman–Crippen LogP) is 4.74. The summed E-state index contributed by atoms with van der Waals surface area (Å²) in [6.07, 6.45) is -2.39. The zero-order chi connectivity index (χ0) is 28.1. The normalized spacial score (nSPS) is 21.3. The summed E-state index contributed by atoms with van der Waals surface area (Å²) in [5.41, 5.74) is -2.40. The summed E-state index contributed by atoms with van der Waals surface area (Å²) in [5.74, 6) is -2.35. The van der Waals surface area contributed by atoms with Crippen molar-refractivity contribution in [1.29, 1.82) is 0 Å². The number of amides is 3. The summed E-state index contributed by atoms with van der Waals surface area (Å²) < 4.78 is 69.0. The lowest BCUT2D eigenvalue weighted by Gasteiger charge is -2.44. The van der Waals surface area contributed by atoms with E-state index in [2.05, 4.69) is 5.32 Å². The van der Waals surface area contributed by atoms with Crippen molar-refractivity contribution in [3.05, 3.63) is 70.5 Å². The molecule has 1 aliphatic carbocycles. The second-order valence-electron chi connectivity index (χ2n) is 10.6. The van der Waals surface area contributed by atoms with E-state index in [1.54, 1.807) is 12.1 Å². The van der Waals surface area contributed by atoms with Gasteiger partial charge in [0.25, 0.3) is 5.91 Å². The van der Waals surface area contributed by atoms with Crippen LogP contribution in [0.5, 0.6) is 0 Å². The molecular formula is C28H28F5N3O3. The molecule has 2 aliphatic heterocycles. The third-order valence-corrected chi connectivity index (χ3v) is 7.83. The predicted molar refractivity (Wildman–Crippen MR) is 131 cm³/mol. The van der Waals surface area contributed by atoms with Gasteiger partial charge in [0.15, 0.2) is 5.67 Å². The van der Waals surface area contributed by atoms with Gasteiger partial charge in [-0.2, -0.15) is 13.2 Å². The molecule has 0 bridgehead atoms. The zero-order valence-electron chi connectivity index (χ0n) is 21.2. The Hall–Kier alpha value is -3.50. The summed E-state index contributed by atoms with van der Waals surface area (Å²) in [5, 5.41) is 2.79. The maximum Gasteiger partial charge on any atom is 0.416 e. The van der Waals surface area contributed by atoms with Gasteiger partial charge < -0.3 is 15.1 Å². The largest absolute Gasteiger partial charge is 0.416 e. The molecule has 2 atom stereocenters. The molecular weight excluding hydrogens is 521 g/mol. The summed E-state index contributed by atoms with van der Waals surface area (Å²) in [6.45, 7) is 1.45. The van der Waals surface area contributed by atoms with E-state index in [0.29, 0.717) is 38.3 Å². The first-order valence-electron chi connectivity index (χ1n) is 12.9. The average molecular weight is 550 g/mol. The number of nitrogens with one attached hydrogen (secondary N) is 1. The highest BCUT2D eigenvalue weighted by Gasteiger charge is 2.47. The Morgan fingerprint density at radius 3 is 2.38 bits per heavy atom. The maximum atomic E-state index is 15.3. The summed E-state index contributed by atoms with van der Waals surface area (Å²) in [7, 11) is 0. The maximum absolute atomic E-state index is 15.3. The molecule has 39 heavy (non-hydrogen) atoms. The molecule has 6 nitrogen and oxygen atoms in total. The molecule has 11 heteroatoms. The second-order valence-corrected chi connectivity index (χ2v) is 10.6. The molecule has 3 aliphatic rings. The van der Waals surface area contributed by atoms with Crippen molar-refractivity contribution in [1.82, 2.24) is 15.1 Å². The Balaban J connectivity index is 1.31. The molecule has 3 fully saturated rings. The first-order valence-corrected chi connectivity index (χ1v) is 12.9. The minimum absolute atomic E-state index is 0.0178. The van der Waals surface area contributed by atoms with E-state index in [9.17, 15) is 31.9 Å². The number of likely N-dealkylation sites (tertiary alicyclic amines) is 2. The third-order valence-electron chi connectivity index (χ3n) is 7.83. The molecule has 0 aromatic heterocycles. The SMILES string of the molecule is CC(=O)N1CC(F)(c2cccc(C(=O)N3CCC[C@@H]3C(=O)N[C@@H](c3ccc(C(F)(F)F)cc3F)C3CC3)c2)C1. The molecule has 0 radical (unpaired) electrons. The van der Waals surface area contributed by atoms with Crippen LogP contribution in [0, 0.1) is 11.7 Å². The first kappa shape index (κ1) is 27.1. The van der Waals surface area contributed by atoms with Crippen molar-refractivity contribution in [2.45, 2.75) is 56.5 Å². The van der Waals surface area contributed by atoms with Gasteiger partial charge in [0.05, 0.1) is 24.7 Å². The molecule has 3 amide bonds. The van der Waals surface area contributed by atoms with Crippen LogP contribution in [0.3, 0.4) is 0 Å². The number of halogens is 5. The molecule has 0 spiro atoms. The van der Waals surface area contributed by atoms with Crippen molar-refractivity contribution >= 4 is 17.7 Å². The number of hydrogen-bond donors (Lipinski definition) is 1. The topological polar surface area (TPSA) is 69.7 Å². The fraction of sp³-hybridized carbons (Fsp3) is 0.464. The van der Waals surface area contributed by atoms with Gasteiger partial charge in [-0.05, 0) is 61.4 Å². The van der Waals surface area contributed by atoms with E-state index in [1.807, 2.05) is 0 Å². The molecule has 0 unspecified atom stereocenters. The van der Waals surface area contributed by atoms with Crippen molar-refractivity contribution in [3.63, 3.8) is 0 Å². The standard InChI is InChI=1S/C28H28F5N3O3/c1-16(37)35-14-27(30,15-35)19-5-2-4-18(12-19)26(39)36-11-3-6-23(36)25(38)34-24(17-7-8-17)21-10-9-20(13-22(21)29)28(31,32)33/h2,4-5,9-10,12-13,17,23-24H,3,6-8,11,14-15H2,1H3,(H,34,38)/t23-,24-/m1/s1. The third kappa shape index (κ3) is 5.35. The number of nitrogens with zero attached hydrogens (tertiary/aromatic N) is 2. The van der Waals surface area contributed by atoms with E-state index < -0.39 is 47.1 Å². The van der Waals surface area contributed by atoms with Crippen molar-refractivity contribution < 1.29 is 36.3 Å². The van der Waals surface area contributed by atoms with Crippen LogP contribution in [0.4, 0.5) is 22.0 Å². The van der Waals surface area contributed by atoms with E-state index >= 15 is 4.39 Å². The van der Waals surface area contributed by atoms with Crippen LogP contribution >= 0.6 is 0 Å². The second kappa shape index (κ2) is 9.91. The molecule has 2 saturated heterocycles. The molecule has 5 rings (SSSR count). The van der Waals surface area contributed by atoms with Gasteiger partial charge in [-0.3, -0.25) is 14.4 Å². The van der Waals surface area contributed by atoms with Gasteiger partial charge in [-0.15, -0.1) is 0 Å². The number of carbonyl (C=O) groups excluding carboxylic acids is 3. The Kier molecular flexibility index (Phi) is 6.88. The summed E-state index contributed by atoms with van der Waals surface area (Å²) >= 11 is 0. The Morgan fingerprint density at radius 1 is 1.05 bits per heavy atom. The van der Waals surface area contributed by atoms with E-state index in [0.717, 1.165) is 12.1 Å². The Morgan fingerprint density at radius 2 is 1.77 bits per heavy atom. The highest BCUT2D eigenvalue weighted by molar-refractivity contribution is 5.98. The van der Waals surface area contributed by atoms with Crippen molar-refractivity contribution in [3.8, 4) is 0 Å². The van der Waals surface area contributed by atoms with Crippen LogP contribution in [0.15, 0.2) is 42.5 Å². The number of benzene rings is 2. The van der Waals surface area contributed by atoms with E-state index in [1.165, 1.54) is 28.9 Å². The quantitative estimate of drug-likeness (QED) is 0.530. The number of carbonyl (C=O) groups is 3. The van der Waals surface area contributed by atoms with E-state index in [4.69, 9.17) is 0 Å². The van der Waals surface area contributed by atoms with Crippen molar-refractivity contribution in [2.75, 3.05) is 19.6 Å². The van der Waals surface area contributed by atoms with Gasteiger partial charge in [-0.1, -0.05) is 18.2 Å². The average Bonchev–Trinajstić information content (AvgIpc) is 3.59. The van der Waals surface area contributed by atoms with Crippen LogP contribution in [0.2, 0.25) is 0 Å². The van der Waals surface area contributed by atoms with Crippen molar-refractivity contribution in [2.24, 2.45) is 5.92 Å². The minimum Gasteiger partial charge on any atom is -0.347 e. The first-order chi connectivity index (χ1) is 18.4. The van der Waals surface area contributed by atoms with Gasteiger partial charge in [0.1, 0.15) is 11.9 Å². The monoisotopic (exact) mass is 549 g/mol. The fourth-order valence-electron chi connectivity index (χ4n) is 5.43. The lowest BCUT2D eigenvalue weighted by molar-refractivity contribution is -0.143. The Bertz CT molecular complexity index is 1300. The van der Waals surface area contributed by atoms with Gasteiger partial charge >= 0.3 is 6.18 Å². The summed E-state index contributed by atoms with van der Waals surface area (Å²) in [4.78, 5) is 41.0. The zero-order valence-corrected chi connectivity index (χ0v) is 21.2. The highest BCUT2D eigenvalue weighted by atomic mass is 19.4. The minimum atomic E-state index is -4.69. The molecule has 1 saturated carbocycles. The number of alkyl halides is 4. The number of rotatable bonds is 6. The van der Waals surface area contributed by atoms with E-state index in [-0.39, 0.29) is 41.6 Å². The van der Waals surface area contributed by atoms with Crippen LogP contribution in [0.1, 0.15) is 65.7 Å². The molecule has 2 heterocycles. The fourth-order valence-corrected chi connectivity index (χ4v) is 5.43. The smallest absolute Gasteiger partial charge is 0.347 e. The lowest BCUT2D eigenvalue weighted by atomic mass is 9.87. The molecule has 2 aromatic rings. The van der Waals surface area contributed by atoms with Gasteiger partial charge in [-0.25, -0.2) is 8.78 Å². The highest BCUT2D eigenvalue weighted by Crippen LogP contribution is 2.43. The van der Waals surface area contributed by atoms with Gasteiger partial charge in [0.2, 0.25) is 11.8 Å². The van der Waals surface area contributed by atoms with Crippen LogP contribution in [-0.4, -0.2) is 53.2 Å². The lowest BCUT2D eigenvalue weighted by Crippen LogP contribution is -2.58. The van der Waals surface area contributed by atoms with Crippen LogP contribution in [-0.2, 0) is 21.4 Å². The van der Waals surface area contributed by atoms with Crippen LogP contribution < -0.4 is 5.32 Å². The van der Waals surface area contributed by atoms with Crippen LogP contribution in [0.25, 0.3) is 0 Å². The molecule has 2 aromatic carbocycles. The molecule has 208 valence electrons. The summed E-state index contributed by atoms with van der Waals surface area (Å²) in [6, 6.07) is 6.73.